The smallest absolute Gasteiger partial charge is 0.328 e. The number of rotatable bonds is 11. The Labute approximate surface area is 117 Å². The molecule has 0 aromatic rings. The third kappa shape index (κ3) is 6.39. The summed E-state index contributed by atoms with van der Waals surface area (Å²) in [6.07, 6.45) is 7.03. The van der Waals surface area contributed by atoms with Crippen LogP contribution >= 0.6 is 0 Å². The fourth-order valence-corrected chi connectivity index (χ4v) is 2.04. The minimum absolute atomic E-state index is 0.199. The van der Waals surface area contributed by atoms with Gasteiger partial charge in [-0.3, -0.25) is 5.32 Å². The van der Waals surface area contributed by atoms with E-state index in [4.69, 9.17) is 9.47 Å². The maximum atomic E-state index is 12.0. The van der Waals surface area contributed by atoms with Crippen molar-refractivity contribution in [1.82, 2.24) is 5.32 Å². The van der Waals surface area contributed by atoms with Crippen LogP contribution in [-0.2, 0) is 14.3 Å². The second-order valence-electron chi connectivity index (χ2n) is 5.58. The third-order valence-electron chi connectivity index (χ3n) is 3.36. The Balaban J connectivity index is 2.29. The van der Waals surface area contributed by atoms with E-state index in [9.17, 15) is 4.79 Å². The van der Waals surface area contributed by atoms with E-state index in [2.05, 4.69) is 12.2 Å². The van der Waals surface area contributed by atoms with Gasteiger partial charge in [0.05, 0.1) is 13.2 Å². The minimum Gasteiger partial charge on any atom is -0.465 e. The molecule has 0 bridgehead atoms. The average Bonchev–Trinajstić information content (AvgIpc) is 3.17. The lowest BCUT2D eigenvalue weighted by Crippen LogP contribution is -2.55. The Morgan fingerprint density at radius 3 is 2.58 bits per heavy atom. The van der Waals surface area contributed by atoms with E-state index >= 15 is 0 Å². The molecule has 1 unspecified atom stereocenters. The van der Waals surface area contributed by atoms with Gasteiger partial charge >= 0.3 is 5.97 Å². The van der Waals surface area contributed by atoms with Crippen LogP contribution in [0.25, 0.3) is 0 Å². The third-order valence-corrected chi connectivity index (χ3v) is 3.36. The maximum Gasteiger partial charge on any atom is 0.328 e. The molecule has 0 heterocycles. The van der Waals surface area contributed by atoms with Crippen LogP contribution in [0.15, 0.2) is 0 Å². The lowest BCUT2D eigenvalue weighted by atomic mass is 10.0. The number of nitrogens with one attached hydrogen (secondary N) is 1. The van der Waals surface area contributed by atoms with Gasteiger partial charge in [-0.1, -0.05) is 26.2 Å². The van der Waals surface area contributed by atoms with Gasteiger partial charge in [0.15, 0.2) is 0 Å². The Hall–Kier alpha value is -0.610. The molecule has 0 spiro atoms. The van der Waals surface area contributed by atoms with Crippen molar-refractivity contribution in [2.45, 2.75) is 70.9 Å². The molecule has 1 aliphatic rings. The minimum atomic E-state index is -0.693. The molecule has 19 heavy (non-hydrogen) atoms. The summed E-state index contributed by atoms with van der Waals surface area (Å²) in [6.45, 7) is 7.45. The van der Waals surface area contributed by atoms with Crippen molar-refractivity contribution in [2.24, 2.45) is 0 Å². The Kier molecular flexibility index (Phi) is 7.39. The van der Waals surface area contributed by atoms with Gasteiger partial charge in [0.1, 0.15) is 5.54 Å². The first-order chi connectivity index (χ1) is 9.12. The molecule has 1 aliphatic carbocycles. The predicted octanol–water partition coefficient (Wildman–Crippen LogP) is 2.66. The van der Waals surface area contributed by atoms with E-state index in [-0.39, 0.29) is 5.97 Å². The van der Waals surface area contributed by atoms with Gasteiger partial charge in [-0.05, 0) is 33.1 Å². The fourth-order valence-electron chi connectivity index (χ4n) is 2.04. The number of hydrogen-bond donors (Lipinski definition) is 1. The zero-order valence-corrected chi connectivity index (χ0v) is 12.7. The molecule has 112 valence electrons. The number of carbonyl (C=O) groups excluding carboxylic acids is 1. The molecular formula is C15H29NO3. The summed E-state index contributed by atoms with van der Waals surface area (Å²) in [6, 6.07) is 0.457. The van der Waals surface area contributed by atoms with E-state index < -0.39 is 5.54 Å². The Bertz CT molecular complexity index is 266. The monoisotopic (exact) mass is 271 g/mol. The molecule has 4 heteroatoms. The number of hydrogen-bond acceptors (Lipinski definition) is 4. The zero-order valence-electron chi connectivity index (χ0n) is 12.7. The molecule has 0 amide bonds. The van der Waals surface area contributed by atoms with Crippen LogP contribution in [0.3, 0.4) is 0 Å². The first kappa shape index (κ1) is 16.4. The van der Waals surface area contributed by atoms with E-state index in [1.165, 1.54) is 19.3 Å². The van der Waals surface area contributed by atoms with Crippen LogP contribution in [0.5, 0.6) is 0 Å². The summed E-state index contributed by atoms with van der Waals surface area (Å²) in [5.41, 5.74) is -0.693. The van der Waals surface area contributed by atoms with Crippen molar-refractivity contribution in [3.63, 3.8) is 0 Å². The molecule has 0 aliphatic heterocycles. The molecule has 1 fully saturated rings. The zero-order chi connectivity index (χ0) is 14.1. The Morgan fingerprint density at radius 2 is 2.00 bits per heavy atom. The van der Waals surface area contributed by atoms with Gasteiger partial charge < -0.3 is 9.47 Å². The van der Waals surface area contributed by atoms with Gasteiger partial charge in [-0.25, -0.2) is 4.79 Å². The highest BCUT2D eigenvalue weighted by molar-refractivity contribution is 5.80. The van der Waals surface area contributed by atoms with Gasteiger partial charge in [-0.15, -0.1) is 0 Å². The van der Waals surface area contributed by atoms with Crippen molar-refractivity contribution in [2.75, 3.05) is 19.8 Å². The average molecular weight is 271 g/mol. The van der Waals surface area contributed by atoms with Crippen molar-refractivity contribution in [1.29, 1.82) is 0 Å². The van der Waals surface area contributed by atoms with Crippen molar-refractivity contribution in [3.05, 3.63) is 0 Å². The molecule has 0 saturated heterocycles. The largest absolute Gasteiger partial charge is 0.465 e. The molecule has 1 N–H and O–H groups in total. The summed E-state index contributed by atoms with van der Waals surface area (Å²) in [7, 11) is 0. The highest BCUT2D eigenvalue weighted by Gasteiger charge is 2.39. The quantitative estimate of drug-likeness (QED) is 0.463. The summed E-state index contributed by atoms with van der Waals surface area (Å²) in [4.78, 5) is 12.0. The van der Waals surface area contributed by atoms with Crippen LogP contribution in [0.2, 0.25) is 0 Å². The summed E-state index contributed by atoms with van der Waals surface area (Å²) in [5, 5.41) is 3.35. The molecule has 4 nitrogen and oxygen atoms in total. The summed E-state index contributed by atoms with van der Waals surface area (Å²) >= 11 is 0. The van der Waals surface area contributed by atoms with Crippen LogP contribution in [-0.4, -0.2) is 37.4 Å². The summed E-state index contributed by atoms with van der Waals surface area (Å²) < 4.78 is 10.8. The second-order valence-corrected chi connectivity index (χ2v) is 5.58. The topological polar surface area (TPSA) is 47.6 Å². The lowest BCUT2D eigenvalue weighted by Gasteiger charge is -2.28. The first-order valence-electron chi connectivity index (χ1n) is 7.65. The normalized spacial score (nSPS) is 18.1. The van der Waals surface area contributed by atoms with Crippen LogP contribution in [0.4, 0.5) is 0 Å². The number of ether oxygens (including phenoxy) is 2. The van der Waals surface area contributed by atoms with Gasteiger partial charge in [-0.2, -0.15) is 0 Å². The standard InChI is InChI=1S/C15H29NO3/c1-4-6-7-8-11-18-12-15(3,14(17)19-5-2)16-13-9-10-13/h13,16H,4-12H2,1-3H3. The molecule has 1 atom stereocenters. The van der Waals surface area contributed by atoms with Crippen molar-refractivity contribution < 1.29 is 14.3 Å². The molecule has 0 aromatic carbocycles. The van der Waals surface area contributed by atoms with E-state index in [1.54, 1.807) is 0 Å². The van der Waals surface area contributed by atoms with Gasteiger partial charge in [0.2, 0.25) is 0 Å². The highest BCUT2D eigenvalue weighted by atomic mass is 16.5. The van der Waals surface area contributed by atoms with Crippen molar-refractivity contribution in [3.8, 4) is 0 Å². The van der Waals surface area contributed by atoms with E-state index in [0.29, 0.717) is 19.3 Å². The van der Waals surface area contributed by atoms with E-state index in [0.717, 1.165) is 25.9 Å². The Morgan fingerprint density at radius 1 is 1.26 bits per heavy atom. The number of carbonyl (C=O) groups is 1. The molecular weight excluding hydrogens is 242 g/mol. The van der Waals surface area contributed by atoms with Gasteiger partial charge in [0.25, 0.3) is 0 Å². The van der Waals surface area contributed by atoms with Crippen LogP contribution in [0, 0.1) is 0 Å². The first-order valence-corrected chi connectivity index (χ1v) is 7.65. The van der Waals surface area contributed by atoms with Crippen LogP contribution < -0.4 is 5.32 Å². The predicted molar refractivity (Wildman–Crippen MR) is 76.2 cm³/mol. The number of esters is 1. The molecule has 0 aromatic heterocycles. The maximum absolute atomic E-state index is 12.0. The summed E-state index contributed by atoms with van der Waals surface area (Å²) in [5.74, 6) is -0.199. The second kappa shape index (κ2) is 8.54. The molecule has 1 saturated carbocycles. The molecule has 0 radical (unpaired) electrons. The highest BCUT2D eigenvalue weighted by Crippen LogP contribution is 2.23. The van der Waals surface area contributed by atoms with Crippen LogP contribution in [0.1, 0.15) is 59.3 Å². The molecule has 1 rings (SSSR count). The van der Waals surface area contributed by atoms with Crippen molar-refractivity contribution >= 4 is 5.97 Å². The lowest BCUT2D eigenvalue weighted by molar-refractivity contribution is -0.153. The number of unbranched alkanes of at least 4 members (excludes halogenated alkanes) is 3. The fraction of sp³-hybridized carbons (Fsp3) is 0.933. The SMILES string of the molecule is CCCCCCOCC(C)(NC1CC1)C(=O)OCC. The van der Waals surface area contributed by atoms with Gasteiger partial charge in [0, 0.05) is 12.6 Å². The van der Waals surface area contributed by atoms with E-state index in [1.807, 2.05) is 13.8 Å².